The fraction of sp³-hybridized carbons (Fsp3) is 0. The van der Waals surface area contributed by atoms with Crippen LogP contribution < -0.4 is 0 Å². The van der Waals surface area contributed by atoms with Crippen LogP contribution in [0.5, 0.6) is 0 Å². The van der Waals surface area contributed by atoms with Gasteiger partial charge in [-0.2, -0.15) is 5.53 Å². The van der Waals surface area contributed by atoms with Crippen molar-refractivity contribution in [3.63, 3.8) is 0 Å². The van der Waals surface area contributed by atoms with Crippen LogP contribution in [-0.2, 0) is 0 Å². The lowest BCUT2D eigenvalue weighted by Crippen LogP contribution is -1.88. The molecule has 5 nitrogen and oxygen atoms in total. The molecule has 62 valence electrons. The molecule has 0 aliphatic heterocycles. The average molecular weight is 183 g/mol. The van der Waals surface area contributed by atoms with Gasteiger partial charge in [-0.1, -0.05) is 12.1 Å². The van der Waals surface area contributed by atoms with Gasteiger partial charge in [0.05, 0.1) is 4.92 Å². The zero-order valence-corrected chi connectivity index (χ0v) is 6.75. The predicted octanol–water partition coefficient (Wildman–Crippen LogP) is 2.63. The summed E-state index contributed by atoms with van der Waals surface area (Å²) in [5.74, 6) is 0. The van der Waals surface area contributed by atoms with Gasteiger partial charge >= 0.3 is 0 Å². The summed E-state index contributed by atoms with van der Waals surface area (Å²) in [5, 5.41) is 10.4. The summed E-state index contributed by atoms with van der Waals surface area (Å²) in [5.41, 5.74) is 6.53. The van der Waals surface area contributed by atoms with E-state index in [1.54, 1.807) is 18.2 Å². The lowest BCUT2D eigenvalue weighted by atomic mass is 10.3. The Balaban J connectivity index is 3.07. The van der Waals surface area contributed by atoms with E-state index in [0.717, 1.165) is 11.9 Å². The van der Waals surface area contributed by atoms with E-state index in [0.29, 0.717) is 4.90 Å². The first kappa shape index (κ1) is 8.66. The summed E-state index contributed by atoms with van der Waals surface area (Å²) in [6.45, 7) is 0. The number of nitro benzene ring substituents is 1. The van der Waals surface area contributed by atoms with Gasteiger partial charge < -0.3 is 0 Å². The molecule has 0 aliphatic carbocycles. The molecule has 0 unspecified atom stereocenters. The summed E-state index contributed by atoms with van der Waals surface area (Å²) >= 11 is 0.780. The van der Waals surface area contributed by atoms with Crippen molar-refractivity contribution in [3.05, 3.63) is 34.4 Å². The fourth-order valence-electron chi connectivity index (χ4n) is 0.734. The molecule has 12 heavy (non-hydrogen) atoms. The molecule has 0 bridgehead atoms. The van der Waals surface area contributed by atoms with Gasteiger partial charge in [-0.05, 0) is 6.07 Å². The molecular formula is C6H5N3O2S. The van der Waals surface area contributed by atoms with Crippen molar-refractivity contribution in [1.29, 1.82) is 5.53 Å². The Kier molecular flexibility index (Phi) is 2.76. The zero-order chi connectivity index (χ0) is 8.97. The Bertz CT molecular complexity index is 315. The number of rotatable bonds is 3. The number of hydrogen-bond donors (Lipinski definition) is 1. The van der Waals surface area contributed by atoms with Crippen LogP contribution >= 0.6 is 11.9 Å². The van der Waals surface area contributed by atoms with Crippen LogP contribution in [-0.4, -0.2) is 4.92 Å². The third-order valence-electron chi connectivity index (χ3n) is 1.21. The second kappa shape index (κ2) is 3.82. The zero-order valence-electron chi connectivity index (χ0n) is 5.93. The van der Waals surface area contributed by atoms with Crippen molar-refractivity contribution >= 4 is 17.6 Å². The van der Waals surface area contributed by atoms with Crippen LogP contribution in [0.1, 0.15) is 0 Å². The van der Waals surface area contributed by atoms with Crippen molar-refractivity contribution in [2.24, 2.45) is 4.52 Å². The van der Waals surface area contributed by atoms with E-state index in [1.807, 2.05) is 0 Å². The first-order valence-corrected chi connectivity index (χ1v) is 3.80. The Labute approximate surface area is 72.6 Å². The topological polar surface area (TPSA) is 79.3 Å². The van der Waals surface area contributed by atoms with Gasteiger partial charge in [0.25, 0.3) is 5.69 Å². The highest BCUT2D eigenvalue weighted by atomic mass is 32.2. The number of para-hydroxylation sites is 1. The van der Waals surface area contributed by atoms with Crippen LogP contribution in [0.3, 0.4) is 0 Å². The third-order valence-corrected chi connectivity index (χ3v) is 1.84. The molecule has 0 atom stereocenters. The van der Waals surface area contributed by atoms with Gasteiger partial charge in [0.1, 0.15) is 4.90 Å². The molecule has 1 rings (SSSR count). The minimum Gasteiger partial charge on any atom is -0.258 e. The molecule has 0 saturated carbocycles. The van der Waals surface area contributed by atoms with Gasteiger partial charge in [0.15, 0.2) is 0 Å². The van der Waals surface area contributed by atoms with Crippen LogP contribution in [0.15, 0.2) is 33.7 Å². The second-order valence-electron chi connectivity index (χ2n) is 1.91. The van der Waals surface area contributed by atoms with Crippen LogP contribution in [0.4, 0.5) is 5.69 Å². The Morgan fingerprint density at radius 2 is 2.17 bits per heavy atom. The van der Waals surface area contributed by atoms with Crippen molar-refractivity contribution in [2.45, 2.75) is 4.90 Å². The van der Waals surface area contributed by atoms with Crippen LogP contribution in [0, 0.1) is 15.6 Å². The molecule has 6 heteroatoms. The first-order chi connectivity index (χ1) is 5.75. The average Bonchev–Trinajstić information content (AvgIpc) is 2.05. The predicted molar refractivity (Wildman–Crippen MR) is 44.1 cm³/mol. The molecule has 0 spiro atoms. The SMILES string of the molecule is N=NSc1ccccc1[N+](=O)[O-]. The van der Waals surface area contributed by atoms with Crippen molar-refractivity contribution in [1.82, 2.24) is 0 Å². The van der Waals surface area contributed by atoms with E-state index in [-0.39, 0.29) is 5.69 Å². The maximum absolute atomic E-state index is 10.4. The third kappa shape index (κ3) is 1.79. The fourth-order valence-corrected chi connectivity index (χ4v) is 1.21. The highest BCUT2D eigenvalue weighted by Crippen LogP contribution is 2.28. The van der Waals surface area contributed by atoms with Gasteiger partial charge in [-0.3, -0.25) is 10.1 Å². The normalized spacial score (nSPS) is 9.33. The molecule has 0 saturated heterocycles. The summed E-state index contributed by atoms with van der Waals surface area (Å²) in [6.07, 6.45) is 0. The summed E-state index contributed by atoms with van der Waals surface area (Å²) < 4.78 is 3.01. The second-order valence-corrected chi connectivity index (χ2v) is 2.71. The molecule has 0 fully saturated rings. The summed E-state index contributed by atoms with van der Waals surface area (Å²) in [6, 6.07) is 6.18. The van der Waals surface area contributed by atoms with Gasteiger partial charge in [0.2, 0.25) is 0 Å². The van der Waals surface area contributed by atoms with E-state index in [1.165, 1.54) is 6.07 Å². The lowest BCUT2D eigenvalue weighted by molar-refractivity contribution is -0.387. The number of benzene rings is 1. The molecular weight excluding hydrogens is 178 g/mol. The smallest absolute Gasteiger partial charge is 0.258 e. The van der Waals surface area contributed by atoms with E-state index < -0.39 is 4.92 Å². The largest absolute Gasteiger partial charge is 0.284 e. The molecule has 0 amide bonds. The Morgan fingerprint density at radius 3 is 2.75 bits per heavy atom. The first-order valence-electron chi connectivity index (χ1n) is 3.03. The number of nitro groups is 1. The minimum atomic E-state index is -0.493. The quantitative estimate of drug-likeness (QED) is 0.338. The molecule has 0 aliphatic rings. The standard InChI is InChI=1S/C6H5N3O2S/c7-8-12-6-4-2-1-3-5(6)9(10)11/h1-4,7H. The van der Waals surface area contributed by atoms with Crippen LogP contribution in [0.25, 0.3) is 0 Å². The monoisotopic (exact) mass is 183 g/mol. The van der Waals surface area contributed by atoms with Gasteiger partial charge in [0, 0.05) is 18.0 Å². The molecule has 0 heterocycles. The maximum atomic E-state index is 10.4. The van der Waals surface area contributed by atoms with Gasteiger partial charge in [-0.15, -0.1) is 4.52 Å². The van der Waals surface area contributed by atoms with Gasteiger partial charge in [-0.25, -0.2) is 0 Å². The molecule has 0 aromatic heterocycles. The number of hydrogen-bond acceptors (Lipinski definition) is 5. The molecule has 0 radical (unpaired) electrons. The van der Waals surface area contributed by atoms with Crippen molar-refractivity contribution < 1.29 is 4.92 Å². The maximum Gasteiger partial charge on any atom is 0.284 e. The molecule has 1 aromatic rings. The van der Waals surface area contributed by atoms with Crippen molar-refractivity contribution in [2.75, 3.05) is 0 Å². The summed E-state index contributed by atoms with van der Waals surface area (Å²) in [7, 11) is 0. The number of nitrogens with zero attached hydrogens (tertiary/aromatic N) is 2. The van der Waals surface area contributed by atoms with E-state index in [4.69, 9.17) is 5.53 Å². The van der Waals surface area contributed by atoms with E-state index in [2.05, 4.69) is 4.52 Å². The van der Waals surface area contributed by atoms with Crippen molar-refractivity contribution in [3.8, 4) is 0 Å². The molecule has 1 aromatic carbocycles. The highest BCUT2D eigenvalue weighted by Gasteiger charge is 2.11. The minimum absolute atomic E-state index is 0.0153. The highest BCUT2D eigenvalue weighted by molar-refractivity contribution is 7.98. The Morgan fingerprint density at radius 1 is 1.50 bits per heavy atom. The molecule has 1 N–H and O–H groups in total. The lowest BCUT2D eigenvalue weighted by Gasteiger charge is -1.95. The van der Waals surface area contributed by atoms with E-state index >= 15 is 0 Å². The summed E-state index contributed by atoms with van der Waals surface area (Å²) in [4.78, 5) is 10.3. The van der Waals surface area contributed by atoms with Crippen LogP contribution in [0.2, 0.25) is 0 Å². The Hall–Kier alpha value is -1.43. The number of nitrogens with one attached hydrogen (secondary N) is 1. The van der Waals surface area contributed by atoms with E-state index in [9.17, 15) is 10.1 Å².